The number of ether oxygens (including phenoxy) is 1. The van der Waals surface area contributed by atoms with Gasteiger partial charge in [0.25, 0.3) is 5.56 Å². The van der Waals surface area contributed by atoms with Gasteiger partial charge in [-0.2, -0.15) is 4.98 Å². The fraction of sp³-hybridized carbons (Fsp3) is 0.545. The van der Waals surface area contributed by atoms with Crippen LogP contribution >= 0.6 is 0 Å². The first-order valence-electron chi connectivity index (χ1n) is 5.98. The van der Waals surface area contributed by atoms with Gasteiger partial charge in [0.1, 0.15) is 6.10 Å². The summed E-state index contributed by atoms with van der Waals surface area (Å²) in [5.41, 5.74) is 5.40. The van der Waals surface area contributed by atoms with E-state index in [0.29, 0.717) is 11.6 Å². The Morgan fingerprint density at radius 1 is 1.58 bits per heavy atom. The molecule has 8 nitrogen and oxygen atoms in total. The largest absolute Gasteiger partial charge is 0.394 e. The number of nitrogens with zero attached hydrogens (tertiary/aromatic N) is 2. The van der Waals surface area contributed by atoms with Crippen LogP contribution in [0.15, 0.2) is 9.79 Å². The molecule has 2 aliphatic heterocycles. The molecular formula is C11H14N4O4. The predicted octanol–water partition coefficient (Wildman–Crippen LogP) is -3.35. The van der Waals surface area contributed by atoms with Crippen LogP contribution in [0.1, 0.15) is 6.42 Å². The van der Waals surface area contributed by atoms with Crippen LogP contribution in [0.25, 0.3) is 6.08 Å². The Morgan fingerprint density at radius 3 is 3.05 bits per heavy atom. The van der Waals surface area contributed by atoms with E-state index in [0.717, 1.165) is 0 Å². The fourth-order valence-corrected chi connectivity index (χ4v) is 2.42. The molecule has 0 aromatic carbocycles. The summed E-state index contributed by atoms with van der Waals surface area (Å²) in [5, 5.41) is 19.1. The van der Waals surface area contributed by atoms with Crippen molar-refractivity contribution in [2.75, 3.05) is 12.3 Å². The smallest absolute Gasteiger partial charge is 0.261 e. The molecule has 4 atom stereocenters. The Labute approximate surface area is 107 Å². The third kappa shape index (κ3) is 2.03. The van der Waals surface area contributed by atoms with Gasteiger partial charge in [-0.1, -0.05) is 0 Å². The van der Waals surface area contributed by atoms with Crippen LogP contribution in [0.4, 0.5) is 5.95 Å². The average molecular weight is 266 g/mol. The quantitative estimate of drug-likeness (QED) is 0.442. The molecule has 0 bridgehead atoms. The molecule has 1 fully saturated rings. The highest BCUT2D eigenvalue weighted by molar-refractivity contribution is 5.35. The third-order valence-electron chi connectivity index (χ3n) is 3.38. The first-order valence-corrected chi connectivity index (χ1v) is 5.98. The van der Waals surface area contributed by atoms with Crippen LogP contribution < -0.4 is 22.0 Å². The Hall–Kier alpha value is -1.77. The van der Waals surface area contributed by atoms with Crippen molar-refractivity contribution in [1.29, 1.82) is 0 Å². The van der Waals surface area contributed by atoms with Crippen molar-refractivity contribution in [3.05, 3.63) is 21.1 Å². The van der Waals surface area contributed by atoms with Gasteiger partial charge >= 0.3 is 0 Å². The molecule has 0 spiro atoms. The SMILES string of the molecule is Nc1nc2c(c(=O)[nH]1)=CC(C1CC(O)C(CO)O1)N=2. The first-order chi connectivity index (χ1) is 9.08. The van der Waals surface area contributed by atoms with Gasteiger partial charge in [-0.05, 0) is 6.08 Å². The number of fused-ring (bicyclic) bond motifs is 1. The molecule has 4 unspecified atom stereocenters. The van der Waals surface area contributed by atoms with Gasteiger partial charge < -0.3 is 20.7 Å². The van der Waals surface area contributed by atoms with Gasteiger partial charge in [0.15, 0.2) is 5.49 Å². The van der Waals surface area contributed by atoms with Crippen LogP contribution in [0.3, 0.4) is 0 Å². The summed E-state index contributed by atoms with van der Waals surface area (Å²) in [5.74, 6) is 0.0159. The number of hydrogen-bond donors (Lipinski definition) is 4. The van der Waals surface area contributed by atoms with Crippen molar-refractivity contribution < 1.29 is 14.9 Å². The Balaban J connectivity index is 1.93. The number of aromatic nitrogens is 2. The van der Waals surface area contributed by atoms with E-state index in [9.17, 15) is 9.90 Å². The molecule has 8 heteroatoms. The highest BCUT2D eigenvalue weighted by Crippen LogP contribution is 2.25. The monoisotopic (exact) mass is 266 g/mol. The molecule has 102 valence electrons. The number of nitrogen functional groups attached to an aromatic ring is 1. The van der Waals surface area contributed by atoms with Gasteiger partial charge in [0.2, 0.25) is 5.95 Å². The summed E-state index contributed by atoms with van der Waals surface area (Å²) >= 11 is 0. The molecule has 0 amide bonds. The number of nitrogens with one attached hydrogen (secondary N) is 1. The zero-order chi connectivity index (χ0) is 13.6. The molecule has 0 radical (unpaired) electrons. The molecule has 0 aliphatic carbocycles. The van der Waals surface area contributed by atoms with Crippen molar-refractivity contribution in [1.82, 2.24) is 9.97 Å². The minimum atomic E-state index is -0.723. The maximum Gasteiger partial charge on any atom is 0.261 e. The number of rotatable bonds is 2. The Kier molecular flexibility index (Phi) is 2.85. The van der Waals surface area contributed by atoms with E-state index in [1.165, 1.54) is 0 Å². The van der Waals surface area contributed by atoms with Crippen LogP contribution in [-0.4, -0.2) is 51.1 Å². The van der Waals surface area contributed by atoms with Gasteiger partial charge in [-0.3, -0.25) is 14.8 Å². The summed E-state index contributed by atoms with van der Waals surface area (Å²) in [6, 6.07) is -0.392. The number of nitrogens with two attached hydrogens (primary N) is 1. The summed E-state index contributed by atoms with van der Waals surface area (Å²) in [6.07, 6.45) is 0.309. The topological polar surface area (TPSA) is 134 Å². The van der Waals surface area contributed by atoms with Crippen LogP contribution in [-0.2, 0) is 4.74 Å². The zero-order valence-electron chi connectivity index (χ0n) is 9.98. The molecule has 3 rings (SSSR count). The Bertz CT molecular complexity index is 670. The molecular weight excluding hydrogens is 252 g/mol. The maximum atomic E-state index is 11.7. The molecule has 1 aromatic rings. The number of aromatic amines is 1. The standard InChI is InChI=1S/C11H14N4O4/c12-11-14-9-4(10(18)15-11)1-5(13-9)7-2-6(17)8(3-16)19-7/h1,5-8,16-17H,2-3H2,(H3,12,13,14,15,18). The highest BCUT2D eigenvalue weighted by atomic mass is 16.5. The number of anilines is 1. The van der Waals surface area contributed by atoms with Gasteiger partial charge in [0.05, 0.1) is 30.1 Å². The minimum absolute atomic E-state index is 0.0159. The van der Waals surface area contributed by atoms with Gasteiger partial charge in [-0.25, -0.2) is 0 Å². The van der Waals surface area contributed by atoms with Crippen LogP contribution in [0.5, 0.6) is 0 Å². The van der Waals surface area contributed by atoms with Gasteiger partial charge in [-0.15, -0.1) is 0 Å². The lowest BCUT2D eigenvalue weighted by molar-refractivity contribution is -0.0233. The van der Waals surface area contributed by atoms with E-state index in [1.807, 2.05) is 0 Å². The second kappa shape index (κ2) is 4.41. The summed E-state index contributed by atoms with van der Waals surface area (Å²) < 4.78 is 5.51. The predicted molar refractivity (Wildman–Crippen MR) is 64.7 cm³/mol. The third-order valence-corrected chi connectivity index (χ3v) is 3.38. The van der Waals surface area contributed by atoms with Crippen molar-refractivity contribution in [2.24, 2.45) is 4.99 Å². The second-order valence-corrected chi connectivity index (χ2v) is 4.67. The maximum absolute atomic E-state index is 11.7. The second-order valence-electron chi connectivity index (χ2n) is 4.67. The van der Waals surface area contributed by atoms with E-state index in [2.05, 4.69) is 15.0 Å². The van der Waals surface area contributed by atoms with Crippen molar-refractivity contribution >= 4 is 12.0 Å². The Morgan fingerprint density at radius 2 is 2.37 bits per heavy atom. The van der Waals surface area contributed by atoms with Crippen LogP contribution in [0, 0.1) is 0 Å². The van der Waals surface area contributed by atoms with E-state index in [4.69, 9.17) is 15.6 Å². The summed E-state index contributed by atoms with van der Waals surface area (Å²) in [6.45, 7) is -0.247. The lowest BCUT2D eigenvalue weighted by atomic mass is 10.1. The first kappa shape index (κ1) is 12.3. The normalized spacial score (nSPS) is 32.7. The van der Waals surface area contributed by atoms with Crippen LogP contribution in [0.2, 0.25) is 0 Å². The molecule has 19 heavy (non-hydrogen) atoms. The van der Waals surface area contributed by atoms with E-state index in [-0.39, 0.29) is 29.7 Å². The zero-order valence-corrected chi connectivity index (χ0v) is 9.98. The van der Waals surface area contributed by atoms with E-state index >= 15 is 0 Å². The summed E-state index contributed by atoms with van der Waals surface area (Å²) in [4.78, 5) is 22.3. The number of aliphatic hydroxyl groups excluding tert-OH is 2. The summed E-state index contributed by atoms with van der Waals surface area (Å²) in [7, 11) is 0. The molecule has 1 saturated heterocycles. The van der Waals surface area contributed by atoms with E-state index in [1.54, 1.807) is 6.08 Å². The van der Waals surface area contributed by atoms with Crippen molar-refractivity contribution in [3.8, 4) is 0 Å². The average Bonchev–Trinajstić information content (AvgIpc) is 2.92. The van der Waals surface area contributed by atoms with Gasteiger partial charge in [0, 0.05) is 6.42 Å². The number of H-pyrrole nitrogens is 1. The molecule has 2 aliphatic rings. The molecule has 1 aromatic heterocycles. The number of aliphatic hydroxyl groups is 2. The van der Waals surface area contributed by atoms with Crippen molar-refractivity contribution in [2.45, 2.75) is 30.8 Å². The molecule has 3 heterocycles. The number of hydrogen-bond acceptors (Lipinski definition) is 7. The lowest BCUT2D eigenvalue weighted by Crippen LogP contribution is -2.41. The van der Waals surface area contributed by atoms with E-state index < -0.39 is 18.2 Å². The highest BCUT2D eigenvalue weighted by Gasteiger charge is 2.38. The molecule has 0 saturated carbocycles. The van der Waals surface area contributed by atoms with Crippen molar-refractivity contribution in [3.63, 3.8) is 0 Å². The minimum Gasteiger partial charge on any atom is -0.394 e. The lowest BCUT2D eigenvalue weighted by Gasteiger charge is -2.14. The molecule has 5 N–H and O–H groups in total. The fourth-order valence-electron chi connectivity index (χ4n) is 2.42.